The number of aromatic nitrogens is 1. The minimum atomic E-state index is -1.20. The second-order valence-corrected chi connectivity index (χ2v) is 8.70. The SMILES string of the molecule is Cc1c(C)c2c(c(C)c1O)CCC(C)(C(=O)N=Nc1c(O)n(C)c3ccc(Cl)cc13)O2. The predicted octanol–water partition coefficient (Wildman–Crippen LogP) is 5.56. The maximum absolute atomic E-state index is 13.0. The number of nitrogens with zero attached hydrogens (tertiary/aromatic N) is 3. The van der Waals surface area contributed by atoms with Gasteiger partial charge in [0.05, 0.1) is 5.52 Å². The Morgan fingerprint density at radius 1 is 1.19 bits per heavy atom. The first-order valence-corrected chi connectivity index (χ1v) is 10.4. The van der Waals surface area contributed by atoms with E-state index in [1.165, 1.54) is 0 Å². The van der Waals surface area contributed by atoms with E-state index in [1.807, 2.05) is 20.8 Å². The van der Waals surface area contributed by atoms with E-state index in [0.29, 0.717) is 29.0 Å². The van der Waals surface area contributed by atoms with Gasteiger partial charge >= 0.3 is 5.91 Å². The zero-order valence-electron chi connectivity index (χ0n) is 18.1. The molecular formula is C23H24ClN3O4. The quantitative estimate of drug-likeness (QED) is 0.508. The highest BCUT2D eigenvalue weighted by Crippen LogP contribution is 2.44. The molecule has 8 heteroatoms. The number of carbonyl (C=O) groups is 1. The number of halogens is 1. The summed E-state index contributed by atoms with van der Waals surface area (Å²) in [6, 6.07) is 5.16. The van der Waals surface area contributed by atoms with E-state index in [9.17, 15) is 15.0 Å². The van der Waals surface area contributed by atoms with Gasteiger partial charge in [-0.2, -0.15) is 0 Å². The number of phenolic OH excluding ortho intramolecular Hbond substituents is 1. The van der Waals surface area contributed by atoms with Gasteiger partial charge in [-0.3, -0.25) is 4.79 Å². The Morgan fingerprint density at radius 3 is 2.61 bits per heavy atom. The van der Waals surface area contributed by atoms with Crippen LogP contribution in [0.4, 0.5) is 5.69 Å². The Morgan fingerprint density at radius 2 is 1.90 bits per heavy atom. The molecule has 1 aliphatic heterocycles. The normalized spacial score (nSPS) is 18.4. The van der Waals surface area contributed by atoms with Gasteiger partial charge in [0.25, 0.3) is 0 Å². The van der Waals surface area contributed by atoms with E-state index in [0.717, 1.165) is 27.8 Å². The summed E-state index contributed by atoms with van der Waals surface area (Å²) in [6.07, 6.45) is 0.969. The Labute approximate surface area is 184 Å². The van der Waals surface area contributed by atoms with Crippen molar-refractivity contribution in [1.29, 1.82) is 0 Å². The van der Waals surface area contributed by atoms with Crippen LogP contribution in [-0.4, -0.2) is 26.3 Å². The van der Waals surface area contributed by atoms with Gasteiger partial charge in [0.15, 0.2) is 11.3 Å². The van der Waals surface area contributed by atoms with E-state index in [4.69, 9.17) is 16.3 Å². The molecule has 7 nitrogen and oxygen atoms in total. The number of ether oxygens (including phenoxy) is 1. The van der Waals surface area contributed by atoms with Gasteiger partial charge in [0.2, 0.25) is 5.88 Å². The summed E-state index contributed by atoms with van der Waals surface area (Å²) in [5.41, 5.74) is 2.91. The summed E-state index contributed by atoms with van der Waals surface area (Å²) in [7, 11) is 1.69. The third kappa shape index (κ3) is 3.24. The van der Waals surface area contributed by atoms with E-state index in [1.54, 1.807) is 36.7 Å². The standard InChI is InChI=1S/C23H24ClN3O4/c1-11-12(2)20-15(13(3)19(11)28)8-9-23(4,31-20)22(30)26-25-18-16-10-14(24)6-7-17(16)27(5)21(18)29/h6-7,10,28-29H,8-9H2,1-5H3. The Kier molecular flexibility index (Phi) is 4.97. The monoisotopic (exact) mass is 441 g/mol. The largest absolute Gasteiger partial charge is 0.507 e. The number of aromatic hydroxyl groups is 2. The second kappa shape index (κ2) is 7.27. The van der Waals surface area contributed by atoms with E-state index >= 15 is 0 Å². The molecule has 1 amide bonds. The Balaban J connectivity index is 1.69. The molecule has 4 rings (SSSR count). The highest BCUT2D eigenvalue weighted by Gasteiger charge is 2.41. The fourth-order valence-corrected chi connectivity index (χ4v) is 4.25. The molecule has 0 bridgehead atoms. The predicted molar refractivity (Wildman–Crippen MR) is 119 cm³/mol. The Hall–Kier alpha value is -3.06. The lowest BCUT2D eigenvalue weighted by Crippen LogP contribution is -2.43. The molecule has 1 aromatic heterocycles. The third-order valence-corrected chi connectivity index (χ3v) is 6.55. The fraction of sp³-hybridized carbons (Fsp3) is 0.348. The van der Waals surface area contributed by atoms with Crippen LogP contribution >= 0.6 is 11.6 Å². The van der Waals surface area contributed by atoms with Crippen molar-refractivity contribution in [2.24, 2.45) is 17.3 Å². The number of aryl methyl sites for hydroxylation is 1. The van der Waals surface area contributed by atoms with Crippen molar-refractivity contribution >= 4 is 34.1 Å². The molecule has 2 heterocycles. The summed E-state index contributed by atoms with van der Waals surface area (Å²) < 4.78 is 7.71. The van der Waals surface area contributed by atoms with Crippen LogP contribution in [0, 0.1) is 20.8 Å². The van der Waals surface area contributed by atoms with Gasteiger partial charge < -0.3 is 19.5 Å². The zero-order chi connectivity index (χ0) is 22.7. The number of benzene rings is 2. The number of hydrogen-bond acceptors (Lipinski definition) is 5. The van der Waals surface area contributed by atoms with Gasteiger partial charge in [-0.05, 0) is 69.0 Å². The van der Waals surface area contributed by atoms with Crippen molar-refractivity contribution in [1.82, 2.24) is 4.57 Å². The maximum Gasteiger partial charge on any atom is 0.307 e. The highest BCUT2D eigenvalue weighted by molar-refractivity contribution is 6.31. The first-order valence-electron chi connectivity index (χ1n) is 9.99. The highest BCUT2D eigenvalue weighted by atomic mass is 35.5. The maximum atomic E-state index is 13.0. The molecule has 2 aromatic carbocycles. The van der Waals surface area contributed by atoms with Gasteiger partial charge in [0, 0.05) is 29.4 Å². The fourth-order valence-electron chi connectivity index (χ4n) is 4.08. The average molecular weight is 442 g/mol. The number of phenols is 1. The molecule has 0 spiro atoms. The summed E-state index contributed by atoms with van der Waals surface area (Å²) in [6.45, 7) is 7.23. The lowest BCUT2D eigenvalue weighted by atomic mass is 9.87. The topological polar surface area (TPSA) is 96.4 Å². The number of rotatable bonds is 2. The van der Waals surface area contributed by atoms with Crippen molar-refractivity contribution in [2.75, 3.05) is 0 Å². The smallest absolute Gasteiger partial charge is 0.307 e. The molecule has 1 unspecified atom stereocenters. The molecule has 0 fully saturated rings. The minimum Gasteiger partial charge on any atom is -0.507 e. The van der Waals surface area contributed by atoms with Crippen molar-refractivity contribution in [2.45, 2.75) is 46.1 Å². The van der Waals surface area contributed by atoms with Crippen molar-refractivity contribution < 1.29 is 19.7 Å². The molecular weight excluding hydrogens is 418 g/mol. The van der Waals surface area contributed by atoms with Crippen LogP contribution in [-0.2, 0) is 18.3 Å². The van der Waals surface area contributed by atoms with Gasteiger partial charge in [-0.1, -0.05) is 11.6 Å². The van der Waals surface area contributed by atoms with Crippen LogP contribution in [0.5, 0.6) is 17.4 Å². The first-order chi connectivity index (χ1) is 14.5. The van der Waals surface area contributed by atoms with Crippen LogP contribution in [0.15, 0.2) is 28.4 Å². The summed E-state index contributed by atoms with van der Waals surface area (Å²) >= 11 is 6.09. The molecule has 0 radical (unpaired) electrons. The van der Waals surface area contributed by atoms with Crippen LogP contribution in [0.3, 0.4) is 0 Å². The van der Waals surface area contributed by atoms with E-state index in [2.05, 4.69) is 10.2 Å². The van der Waals surface area contributed by atoms with E-state index in [-0.39, 0.29) is 17.3 Å². The zero-order valence-corrected chi connectivity index (χ0v) is 18.8. The molecule has 162 valence electrons. The van der Waals surface area contributed by atoms with Crippen LogP contribution < -0.4 is 4.74 Å². The van der Waals surface area contributed by atoms with Gasteiger partial charge in [-0.15, -0.1) is 10.2 Å². The van der Waals surface area contributed by atoms with Crippen LogP contribution in [0.1, 0.15) is 35.6 Å². The molecule has 0 saturated heterocycles. The number of carbonyl (C=O) groups excluding carboxylic acids is 1. The number of amides is 1. The third-order valence-electron chi connectivity index (χ3n) is 6.32. The summed E-state index contributed by atoms with van der Waals surface area (Å²) in [5.74, 6) is 0.232. The summed E-state index contributed by atoms with van der Waals surface area (Å²) in [5, 5.41) is 29.9. The molecule has 1 aliphatic rings. The molecule has 2 N–H and O–H groups in total. The van der Waals surface area contributed by atoms with Gasteiger partial charge in [-0.25, -0.2) is 0 Å². The van der Waals surface area contributed by atoms with Crippen molar-refractivity contribution in [3.8, 4) is 17.4 Å². The molecule has 1 atom stereocenters. The molecule has 31 heavy (non-hydrogen) atoms. The molecule has 3 aromatic rings. The first kappa shape index (κ1) is 21.2. The number of azo groups is 1. The number of hydrogen-bond donors (Lipinski definition) is 2. The number of fused-ring (bicyclic) bond motifs is 2. The van der Waals surface area contributed by atoms with Crippen LogP contribution in [0.25, 0.3) is 10.9 Å². The van der Waals surface area contributed by atoms with Crippen LogP contribution in [0.2, 0.25) is 5.02 Å². The van der Waals surface area contributed by atoms with Crippen molar-refractivity contribution in [3.63, 3.8) is 0 Å². The lowest BCUT2D eigenvalue weighted by Gasteiger charge is -2.35. The summed E-state index contributed by atoms with van der Waals surface area (Å²) in [4.78, 5) is 13.0. The lowest BCUT2D eigenvalue weighted by molar-refractivity contribution is -0.133. The second-order valence-electron chi connectivity index (χ2n) is 8.26. The minimum absolute atomic E-state index is 0.105. The Bertz CT molecular complexity index is 1280. The average Bonchev–Trinajstić information content (AvgIpc) is 2.98. The van der Waals surface area contributed by atoms with Gasteiger partial charge in [0.1, 0.15) is 11.5 Å². The van der Waals surface area contributed by atoms with Crippen molar-refractivity contribution in [3.05, 3.63) is 45.5 Å². The molecule has 0 saturated carbocycles. The van der Waals surface area contributed by atoms with E-state index < -0.39 is 11.5 Å². The molecule has 0 aliphatic carbocycles.